The first kappa shape index (κ1) is 11.8. The maximum atomic E-state index is 6.17. The normalized spacial score (nSPS) is 10.5. The van der Waals surface area contributed by atoms with Crippen molar-refractivity contribution < 1.29 is 0 Å². The third kappa shape index (κ3) is 2.20. The van der Waals surface area contributed by atoms with E-state index in [1.54, 1.807) is 6.07 Å². The lowest BCUT2D eigenvalue weighted by Crippen LogP contribution is -1.85. The van der Waals surface area contributed by atoms with Gasteiger partial charge in [0.15, 0.2) is 0 Å². The van der Waals surface area contributed by atoms with Gasteiger partial charge in [-0.1, -0.05) is 53.0 Å². The lowest BCUT2D eigenvalue weighted by Gasteiger charge is -2.09. The Labute approximate surface area is 110 Å². The summed E-state index contributed by atoms with van der Waals surface area (Å²) in [7, 11) is 0. The fraction of sp³-hybridized carbons (Fsp3) is 0.0769. The molecule has 0 aliphatic rings. The van der Waals surface area contributed by atoms with Crippen molar-refractivity contribution in [3.8, 4) is 11.1 Å². The summed E-state index contributed by atoms with van der Waals surface area (Å²) in [4.78, 5) is 0. The molecule has 0 bridgehead atoms. The van der Waals surface area contributed by atoms with Crippen LogP contribution in [-0.2, 0) is 0 Å². The summed E-state index contributed by atoms with van der Waals surface area (Å²) >= 11 is 18.1. The van der Waals surface area contributed by atoms with E-state index in [1.807, 2.05) is 37.3 Å². The molecule has 0 radical (unpaired) electrons. The highest BCUT2D eigenvalue weighted by Crippen LogP contribution is 2.35. The maximum Gasteiger partial charge on any atom is 0.0670 e. The topological polar surface area (TPSA) is 0 Å². The van der Waals surface area contributed by atoms with Crippen molar-refractivity contribution in [1.29, 1.82) is 0 Å². The smallest absolute Gasteiger partial charge is 0.0670 e. The Morgan fingerprint density at radius 3 is 2.31 bits per heavy atom. The zero-order chi connectivity index (χ0) is 11.7. The second kappa shape index (κ2) is 4.67. The molecule has 3 heteroatoms. The van der Waals surface area contributed by atoms with Gasteiger partial charge in [-0.25, -0.2) is 0 Å². The minimum Gasteiger partial charge on any atom is -0.0843 e. The van der Waals surface area contributed by atoms with Crippen molar-refractivity contribution >= 4 is 34.8 Å². The highest BCUT2D eigenvalue weighted by atomic mass is 35.5. The van der Waals surface area contributed by atoms with Crippen LogP contribution in [0.15, 0.2) is 36.4 Å². The maximum absolute atomic E-state index is 6.17. The second-order valence-corrected chi connectivity index (χ2v) is 4.78. The van der Waals surface area contributed by atoms with E-state index < -0.39 is 0 Å². The Morgan fingerprint density at radius 2 is 1.62 bits per heavy atom. The van der Waals surface area contributed by atoms with Gasteiger partial charge < -0.3 is 0 Å². The highest BCUT2D eigenvalue weighted by Gasteiger charge is 2.08. The van der Waals surface area contributed by atoms with Crippen LogP contribution in [0.2, 0.25) is 15.1 Å². The summed E-state index contributed by atoms with van der Waals surface area (Å²) in [5, 5.41) is 1.86. The van der Waals surface area contributed by atoms with Crippen LogP contribution < -0.4 is 0 Å². The van der Waals surface area contributed by atoms with E-state index in [9.17, 15) is 0 Å². The summed E-state index contributed by atoms with van der Waals surface area (Å²) in [6, 6.07) is 11.3. The number of rotatable bonds is 1. The molecule has 0 nitrogen and oxygen atoms in total. The van der Waals surface area contributed by atoms with Crippen LogP contribution in [0.5, 0.6) is 0 Å². The average Bonchev–Trinajstić information content (AvgIpc) is 2.23. The van der Waals surface area contributed by atoms with Gasteiger partial charge in [0, 0.05) is 10.6 Å². The number of aryl methyl sites for hydroxylation is 1. The lowest BCUT2D eigenvalue weighted by molar-refractivity contribution is 1.46. The Balaban J connectivity index is 2.63. The van der Waals surface area contributed by atoms with Crippen molar-refractivity contribution in [1.82, 2.24) is 0 Å². The molecule has 2 rings (SSSR count). The molecule has 0 aromatic heterocycles. The molecule has 16 heavy (non-hydrogen) atoms. The molecule has 0 unspecified atom stereocenters. The van der Waals surface area contributed by atoms with Crippen LogP contribution in [-0.4, -0.2) is 0 Å². The summed E-state index contributed by atoms with van der Waals surface area (Å²) in [5.74, 6) is 0. The third-order valence-electron chi connectivity index (χ3n) is 2.43. The standard InChI is InChI=1S/C13H9Cl3/c1-8-7-9(14)5-6-10(8)11-3-2-4-12(15)13(11)16/h2-7H,1H3. The summed E-state index contributed by atoms with van der Waals surface area (Å²) in [6.07, 6.45) is 0. The number of hydrogen-bond donors (Lipinski definition) is 0. The Hall–Kier alpha value is -0.690. The SMILES string of the molecule is Cc1cc(Cl)ccc1-c1cccc(Cl)c1Cl. The third-order valence-corrected chi connectivity index (χ3v) is 3.48. The largest absolute Gasteiger partial charge is 0.0843 e. The van der Waals surface area contributed by atoms with Crippen LogP contribution in [0.4, 0.5) is 0 Å². The van der Waals surface area contributed by atoms with E-state index in [0.717, 1.165) is 21.7 Å². The van der Waals surface area contributed by atoms with E-state index in [4.69, 9.17) is 34.8 Å². The molecule has 0 aliphatic heterocycles. The molecule has 0 N–H and O–H groups in total. The Morgan fingerprint density at radius 1 is 0.875 bits per heavy atom. The monoisotopic (exact) mass is 270 g/mol. The predicted octanol–water partition coefficient (Wildman–Crippen LogP) is 5.62. The van der Waals surface area contributed by atoms with Crippen molar-refractivity contribution in [3.05, 3.63) is 57.0 Å². The number of halogens is 3. The fourth-order valence-electron chi connectivity index (χ4n) is 1.64. The van der Waals surface area contributed by atoms with E-state index in [-0.39, 0.29) is 0 Å². The molecule has 0 spiro atoms. The number of benzene rings is 2. The molecule has 82 valence electrons. The second-order valence-electron chi connectivity index (χ2n) is 3.56. The van der Waals surface area contributed by atoms with Crippen molar-refractivity contribution in [3.63, 3.8) is 0 Å². The van der Waals surface area contributed by atoms with Crippen LogP contribution >= 0.6 is 34.8 Å². The van der Waals surface area contributed by atoms with Gasteiger partial charge in [0.2, 0.25) is 0 Å². The van der Waals surface area contributed by atoms with E-state index >= 15 is 0 Å². The van der Waals surface area contributed by atoms with Crippen LogP contribution in [0.25, 0.3) is 11.1 Å². The van der Waals surface area contributed by atoms with Gasteiger partial charge in [-0.3, -0.25) is 0 Å². The minimum absolute atomic E-state index is 0.563. The van der Waals surface area contributed by atoms with Crippen LogP contribution in [0.3, 0.4) is 0 Å². The quantitative estimate of drug-likeness (QED) is 0.631. The zero-order valence-electron chi connectivity index (χ0n) is 8.60. The van der Waals surface area contributed by atoms with Crippen molar-refractivity contribution in [2.75, 3.05) is 0 Å². The molecule has 0 aliphatic carbocycles. The molecule has 0 atom stereocenters. The molecule has 0 heterocycles. The fourth-order valence-corrected chi connectivity index (χ4v) is 2.27. The zero-order valence-corrected chi connectivity index (χ0v) is 10.9. The Bertz CT molecular complexity index is 533. The van der Waals surface area contributed by atoms with E-state index in [2.05, 4.69) is 0 Å². The first-order valence-corrected chi connectivity index (χ1v) is 5.93. The van der Waals surface area contributed by atoms with Crippen molar-refractivity contribution in [2.45, 2.75) is 6.92 Å². The van der Waals surface area contributed by atoms with Crippen LogP contribution in [0, 0.1) is 6.92 Å². The van der Waals surface area contributed by atoms with Gasteiger partial charge in [0.05, 0.1) is 10.0 Å². The van der Waals surface area contributed by atoms with Gasteiger partial charge in [0.25, 0.3) is 0 Å². The first-order valence-electron chi connectivity index (χ1n) is 4.80. The molecule has 0 saturated heterocycles. The van der Waals surface area contributed by atoms with Gasteiger partial charge >= 0.3 is 0 Å². The van der Waals surface area contributed by atoms with Crippen molar-refractivity contribution in [2.24, 2.45) is 0 Å². The number of hydrogen-bond acceptors (Lipinski definition) is 0. The summed E-state index contributed by atoms with van der Waals surface area (Å²) in [6.45, 7) is 2.00. The molecule has 0 fully saturated rings. The minimum atomic E-state index is 0.563. The molecule has 2 aromatic rings. The molecular formula is C13H9Cl3. The van der Waals surface area contributed by atoms with Gasteiger partial charge in [0.1, 0.15) is 0 Å². The van der Waals surface area contributed by atoms with E-state index in [0.29, 0.717) is 10.0 Å². The molecular weight excluding hydrogens is 263 g/mol. The average molecular weight is 272 g/mol. The lowest BCUT2D eigenvalue weighted by atomic mass is 10.0. The molecule has 0 saturated carbocycles. The van der Waals surface area contributed by atoms with Gasteiger partial charge in [-0.2, -0.15) is 0 Å². The molecule has 0 amide bonds. The van der Waals surface area contributed by atoms with E-state index in [1.165, 1.54) is 0 Å². The first-order chi connectivity index (χ1) is 7.59. The summed E-state index contributed by atoms with van der Waals surface area (Å²) < 4.78 is 0. The predicted molar refractivity (Wildman–Crippen MR) is 71.6 cm³/mol. The highest BCUT2D eigenvalue weighted by molar-refractivity contribution is 6.43. The molecule has 2 aromatic carbocycles. The van der Waals surface area contributed by atoms with Crippen LogP contribution in [0.1, 0.15) is 5.56 Å². The Kier molecular flexibility index (Phi) is 3.44. The van der Waals surface area contributed by atoms with Gasteiger partial charge in [-0.05, 0) is 36.2 Å². The summed E-state index contributed by atoms with van der Waals surface area (Å²) in [5.41, 5.74) is 3.07. The van der Waals surface area contributed by atoms with Gasteiger partial charge in [-0.15, -0.1) is 0 Å².